The van der Waals surface area contributed by atoms with Gasteiger partial charge < -0.3 is 0 Å². The predicted octanol–water partition coefficient (Wildman–Crippen LogP) is 5.44. The van der Waals surface area contributed by atoms with Crippen molar-refractivity contribution in [3.05, 3.63) is 64.5 Å². The summed E-state index contributed by atoms with van der Waals surface area (Å²) in [6.07, 6.45) is 2.26. The molecule has 1 aliphatic carbocycles. The highest BCUT2D eigenvalue weighted by Gasteiger charge is 2.28. The molecule has 0 spiro atoms. The molecule has 1 saturated heterocycles. The van der Waals surface area contributed by atoms with E-state index < -0.39 is 0 Å². The van der Waals surface area contributed by atoms with E-state index >= 15 is 0 Å². The number of thioether (sulfide) groups is 1. The molecule has 0 unspecified atom stereocenters. The molecule has 1 aliphatic heterocycles. The first-order valence-corrected chi connectivity index (χ1v) is 8.61. The van der Waals surface area contributed by atoms with Crippen molar-refractivity contribution in [2.24, 2.45) is 0 Å². The fourth-order valence-corrected chi connectivity index (χ4v) is 4.47. The van der Waals surface area contributed by atoms with E-state index in [1.807, 2.05) is 17.8 Å². The van der Waals surface area contributed by atoms with Crippen molar-refractivity contribution >= 4 is 17.3 Å². The number of hydrogen-bond acceptors (Lipinski definition) is 1. The number of halogens is 1. The Morgan fingerprint density at radius 3 is 2.57 bits per heavy atom. The molecule has 1 fully saturated rings. The Morgan fingerprint density at radius 1 is 0.952 bits per heavy atom. The molecular weight excluding hydrogens is 279 g/mol. The average Bonchev–Trinajstić information content (AvgIpc) is 2.82. The van der Waals surface area contributed by atoms with Crippen LogP contribution in [0.15, 0.2) is 42.0 Å². The van der Waals surface area contributed by atoms with Gasteiger partial charge in [0.2, 0.25) is 0 Å². The molecule has 106 valence electrons. The third-order valence-electron chi connectivity index (χ3n) is 4.45. The first-order chi connectivity index (χ1) is 10.3. The minimum absolute atomic E-state index is 0.0987. The molecule has 0 N–H and O–H groups in total. The van der Waals surface area contributed by atoms with Crippen LogP contribution in [-0.2, 0) is 0 Å². The van der Waals surface area contributed by atoms with E-state index in [2.05, 4.69) is 31.2 Å². The number of allylic oxidation sites excluding steroid dienone is 1. The number of benzene rings is 2. The maximum absolute atomic E-state index is 14.4. The Morgan fingerprint density at radius 2 is 1.76 bits per heavy atom. The number of fused-ring (bicyclic) bond motifs is 3. The van der Waals surface area contributed by atoms with Gasteiger partial charge in [0.25, 0.3) is 0 Å². The first kappa shape index (κ1) is 13.1. The van der Waals surface area contributed by atoms with Crippen molar-refractivity contribution in [3.8, 4) is 11.1 Å². The lowest BCUT2D eigenvalue weighted by atomic mass is 9.94. The van der Waals surface area contributed by atoms with Crippen molar-refractivity contribution in [1.29, 1.82) is 0 Å². The summed E-state index contributed by atoms with van der Waals surface area (Å²) >= 11 is 2.02. The van der Waals surface area contributed by atoms with Gasteiger partial charge in [-0.15, -0.1) is 0 Å². The van der Waals surface area contributed by atoms with E-state index in [4.69, 9.17) is 0 Å². The Bertz CT molecular complexity index is 750. The van der Waals surface area contributed by atoms with Crippen LogP contribution >= 0.6 is 11.8 Å². The van der Waals surface area contributed by atoms with E-state index in [1.54, 1.807) is 6.07 Å². The molecule has 2 aromatic rings. The summed E-state index contributed by atoms with van der Waals surface area (Å²) in [7, 11) is 0. The zero-order valence-corrected chi connectivity index (χ0v) is 12.9. The van der Waals surface area contributed by atoms with Crippen LogP contribution in [0.25, 0.3) is 16.7 Å². The third kappa shape index (κ3) is 2.04. The lowest BCUT2D eigenvalue weighted by molar-refractivity contribution is 0.631. The maximum Gasteiger partial charge on any atom is 0.131 e. The second kappa shape index (κ2) is 5.03. The smallest absolute Gasteiger partial charge is 0.131 e. The number of hydrogen-bond donors (Lipinski definition) is 0. The van der Waals surface area contributed by atoms with Crippen LogP contribution < -0.4 is 0 Å². The van der Waals surface area contributed by atoms with Crippen molar-refractivity contribution in [2.45, 2.75) is 19.8 Å². The zero-order chi connectivity index (χ0) is 14.4. The first-order valence-electron chi connectivity index (χ1n) is 7.46. The van der Waals surface area contributed by atoms with Crippen molar-refractivity contribution in [1.82, 2.24) is 0 Å². The quantitative estimate of drug-likeness (QED) is 0.532. The Balaban J connectivity index is 2.04. The lowest BCUT2D eigenvalue weighted by Crippen LogP contribution is -2.01. The highest BCUT2D eigenvalue weighted by atomic mass is 32.2. The minimum Gasteiger partial charge on any atom is -0.206 e. The summed E-state index contributed by atoms with van der Waals surface area (Å²) in [5.41, 5.74) is 8.25. The molecule has 0 radical (unpaired) electrons. The standard InChI is InChI=1S/C19H17FS/c1-12-5-6-14-16(11-12)18(13-7-9-21-10-8-13)15-3-2-4-17(20)19(14)15/h2-6,11H,7-10H2,1H3. The molecule has 21 heavy (non-hydrogen) atoms. The van der Waals surface area contributed by atoms with Gasteiger partial charge in [0, 0.05) is 5.56 Å². The van der Waals surface area contributed by atoms with Crippen LogP contribution in [0.5, 0.6) is 0 Å². The van der Waals surface area contributed by atoms with E-state index in [0.717, 1.165) is 29.5 Å². The summed E-state index contributed by atoms with van der Waals surface area (Å²) < 4.78 is 14.4. The minimum atomic E-state index is -0.0987. The van der Waals surface area contributed by atoms with Crippen LogP contribution in [-0.4, -0.2) is 11.5 Å². The predicted molar refractivity (Wildman–Crippen MR) is 89.2 cm³/mol. The lowest BCUT2D eigenvalue weighted by Gasteiger charge is -2.18. The number of aryl methyl sites for hydroxylation is 1. The molecular formula is C19H17FS. The van der Waals surface area contributed by atoms with Gasteiger partial charge in [-0.05, 0) is 59.6 Å². The van der Waals surface area contributed by atoms with Gasteiger partial charge in [-0.1, -0.05) is 41.5 Å². The topological polar surface area (TPSA) is 0 Å². The van der Waals surface area contributed by atoms with E-state index in [0.29, 0.717) is 0 Å². The zero-order valence-electron chi connectivity index (χ0n) is 12.1. The fourth-order valence-electron chi connectivity index (χ4n) is 3.48. The molecule has 0 atom stereocenters. The van der Waals surface area contributed by atoms with Crippen LogP contribution in [0.1, 0.15) is 29.5 Å². The fraction of sp³-hybridized carbons (Fsp3) is 0.263. The van der Waals surface area contributed by atoms with E-state index in [9.17, 15) is 4.39 Å². The second-order valence-corrected chi connectivity index (χ2v) is 7.03. The summed E-state index contributed by atoms with van der Waals surface area (Å²) in [6.45, 7) is 2.11. The Kier molecular flexibility index (Phi) is 3.15. The van der Waals surface area contributed by atoms with E-state index in [-0.39, 0.29) is 5.82 Å². The van der Waals surface area contributed by atoms with Gasteiger partial charge >= 0.3 is 0 Å². The largest absolute Gasteiger partial charge is 0.206 e. The molecule has 2 aromatic carbocycles. The van der Waals surface area contributed by atoms with Gasteiger partial charge in [0.1, 0.15) is 5.82 Å². The van der Waals surface area contributed by atoms with Crippen molar-refractivity contribution in [3.63, 3.8) is 0 Å². The maximum atomic E-state index is 14.4. The van der Waals surface area contributed by atoms with Gasteiger partial charge in [-0.3, -0.25) is 0 Å². The molecule has 0 saturated carbocycles. The summed E-state index contributed by atoms with van der Waals surface area (Å²) in [6, 6.07) is 11.9. The average molecular weight is 296 g/mol. The van der Waals surface area contributed by atoms with Gasteiger partial charge in [-0.25, -0.2) is 4.39 Å². The summed E-state index contributed by atoms with van der Waals surface area (Å²) in [5.74, 6) is 2.27. The molecule has 2 aliphatic rings. The Hall–Kier alpha value is -1.54. The van der Waals surface area contributed by atoms with E-state index in [1.165, 1.54) is 33.8 Å². The second-order valence-electron chi connectivity index (χ2n) is 5.80. The van der Waals surface area contributed by atoms with Gasteiger partial charge in [-0.2, -0.15) is 11.8 Å². The van der Waals surface area contributed by atoms with Crippen molar-refractivity contribution < 1.29 is 4.39 Å². The SMILES string of the molecule is Cc1ccc2c(c1)C(=C1CCSCC1)c1cccc(F)c1-2. The molecule has 0 aromatic heterocycles. The third-order valence-corrected chi connectivity index (χ3v) is 5.43. The highest BCUT2D eigenvalue weighted by molar-refractivity contribution is 7.99. The normalized spacial score (nSPS) is 16.9. The molecule has 0 bridgehead atoms. The van der Waals surface area contributed by atoms with Gasteiger partial charge in [0.15, 0.2) is 0 Å². The molecule has 0 nitrogen and oxygen atoms in total. The highest BCUT2D eigenvalue weighted by Crippen LogP contribution is 2.48. The molecule has 0 amide bonds. The molecule has 4 rings (SSSR count). The monoisotopic (exact) mass is 296 g/mol. The molecule has 2 heteroatoms. The van der Waals surface area contributed by atoms with Crippen LogP contribution in [0.2, 0.25) is 0 Å². The van der Waals surface area contributed by atoms with Gasteiger partial charge in [0.05, 0.1) is 0 Å². The Labute approximate surface area is 129 Å². The number of rotatable bonds is 0. The summed E-state index contributed by atoms with van der Waals surface area (Å²) in [5, 5.41) is 0. The van der Waals surface area contributed by atoms with Crippen LogP contribution in [0.4, 0.5) is 4.39 Å². The summed E-state index contributed by atoms with van der Waals surface area (Å²) in [4.78, 5) is 0. The molecule has 1 heterocycles. The van der Waals surface area contributed by atoms with Crippen LogP contribution in [0, 0.1) is 12.7 Å². The van der Waals surface area contributed by atoms with Crippen molar-refractivity contribution in [2.75, 3.05) is 11.5 Å². The van der Waals surface area contributed by atoms with Crippen LogP contribution in [0.3, 0.4) is 0 Å².